The summed E-state index contributed by atoms with van der Waals surface area (Å²) in [7, 11) is -4.77. The van der Waals surface area contributed by atoms with Crippen molar-refractivity contribution in [2.75, 3.05) is 0 Å². The predicted molar refractivity (Wildman–Crippen MR) is 86.8 cm³/mol. The standard InChI is InChI=1S/C16H19O7P/c17-12-5-1-3-11(9-12)4-2-6-15(19)14-10-13(18)7-8-16(14)23-24(20,21)22/h1,3,5,7-10,15,17-19H,2,4,6H2,(H2,20,21,22). The lowest BCUT2D eigenvalue weighted by Gasteiger charge is -2.17. The van der Waals surface area contributed by atoms with E-state index in [1.165, 1.54) is 18.2 Å². The Labute approximate surface area is 139 Å². The van der Waals surface area contributed by atoms with E-state index >= 15 is 0 Å². The Hall–Kier alpha value is -2.05. The van der Waals surface area contributed by atoms with Crippen LogP contribution in [0, 0.1) is 0 Å². The molecule has 0 fully saturated rings. The van der Waals surface area contributed by atoms with Crippen LogP contribution >= 0.6 is 7.82 Å². The normalized spacial score (nSPS) is 12.8. The number of aromatic hydroxyl groups is 2. The van der Waals surface area contributed by atoms with Crippen molar-refractivity contribution in [3.8, 4) is 17.2 Å². The van der Waals surface area contributed by atoms with Crippen LogP contribution in [0.15, 0.2) is 42.5 Å². The summed E-state index contributed by atoms with van der Waals surface area (Å²) in [5, 5.41) is 29.2. The molecule has 0 aliphatic heterocycles. The average molecular weight is 354 g/mol. The summed E-state index contributed by atoms with van der Waals surface area (Å²) in [5.41, 5.74) is 1.01. The third kappa shape index (κ3) is 5.54. The third-order valence-corrected chi connectivity index (χ3v) is 3.86. The van der Waals surface area contributed by atoms with Crippen LogP contribution in [0.1, 0.15) is 30.1 Å². The first kappa shape index (κ1) is 18.3. The molecule has 2 aromatic carbocycles. The fourth-order valence-electron chi connectivity index (χ4n) is 2.37. The zero-order valence-corrected chi connectivity index (χ0v) is 13.6. The van der Waals surface area contributed by atoms with Crippen molar-refractivity contribution < 1.29 is 34.2 Å². The molecule has 0 aliphatic rings. The van der Waals surface area contributed by atoms with Crippen LogP contribution in [0.3, 0.4) is 0 Å². The van der Waals surface area contributed by atoms with Crippen LogP contribution in [0.5, 0.6) is 17.2 Å². The van der Waals surface area contributed by atoms with Crippen LogP contribution in [-0.2, 0) is 11.0 Å². The van der Waals surface area contributed by atoms with Gasteiger partial charge >= 0.3 is 7.82 Å². The Bertz CT molecular complexity index is 741. The van der Waals surface area contributed by atoms with E-state index in [9.17, 15) is 19.9 Å². The summed E-state index contributed by atoms with van der Waals surface area (Å²) in [6, 6.07) is 10.4. The lowest BCUT2D eigenvalue weighted by molar-refractivity contribution is 0.161. The maximum Gasteiger partial charge on any atom is 0.524 e. The number of aryl methyl sites for hydroxylation is 1. The first-order chi connectivity index (χ1) is 11.2. The number of phenolic OH excluding ortho intramolecular Hbond substituents is 2. The van der Waals surface area contributed by atoms with E-state index in [-0.39, 0.29) is 29.2 Å². The number of hydrogen-bond acceptors (Lipinski definition) is 5. The zero-order chi connectivity index (χ0) is 17.7. The Balaban J connectivity index is 2.04. The van der Waals surface area contributed by atoms with Gasteiger partial charge in [0.15, 0.2) is 0 Å². The molecular weight excluding hydrogens is 335 g/mol. The van der Waals surface area contributed by atoms with E-state index in [4.69, 9.17) is 9.79 Å². The predicted octanol–water partition coefficient (Wildman–Crippen LogP) is 2.63. The van der Waals surface area contributed by atoms with Gasteiger partial charge in [-0.3, -0.25) is 9.79 Å². The molecule has 5 N–H and O–H groups in total. The van der Waals surface area contributed by atoms with Crippen molar-refractivity contribution in [2.24, 2.45) is 0 Å². The first-order valence-corrected chi connectivity index (χ1v) is 8.81. The number of rotatable bonds is 7. The Morgan fingerprint density at radius 2 is 1.75 bits per heavy atom. The van der Waals surface area contributed by atoms with Crippen LogP contribution in [0.4, 0.5) is 0 Å². The zero-order valence-electron chi connectivity index (χ0n) is 12.7. The molecule has 7 nitrogen and oxygen atoms in total. The maximum absolute atomic E-state index is 11.0. The Morgan fingerprint density at radius 3 is 2.42 bits per heavy atom. The lowest BCUT2D eigenvalue weighted by atomic mass is 10.0. The molecular formula is C16H19O7P. The summed E-state index contributed by atoms with van der Waals surface area (Å²) in [6.07, 6.45) is 0.404. The summed E-state index contributed by atoms with van der Waals surface area (Å²) >= 11 is 0. The van der Waals surface area contributed by atoms with E-state index in [1.807, 2.05) is 6.07 Å². The number of hydrogen-bond donors (Lipinski definition) is 5. The van der Waals surface area contributed by atoms with Gasteiger partial charge in [-0.1, -0.05) is 12.1 Å². The smallest absolute Gasteiger partial charge is 0.508 e. The van der Waals surface area contributed by atoms with Gasteiger partial charge in [0.25, 0.3) is 0 Å². The van der Waals surface area contributed by atoms with E-state index in [0.717, 1.165) is 5.56 Å². The number of phosphoric acid groups is 1. The number of aliphatic hydroxyl groups excluding tert-OH is 1. The topological polar surface area (TPSA) is 127 Å². The number of phenols is 2. The molecule has 2 rings (SSSR count). The largest absolute Gasteiger partial charge is 0.524 e. The highest BCUT2D eigenvalue weighted by atomic mass is 31.2. The highest BCUT2D eigenvalue weighted by Crippen LogP contribution is 2.42. The molecule has 24 heavy (non-hydrogen) atoms. The molecule has 1 atom stereocenters. The Morgan fingerprint density at radius 1 is 1.04 bits per heavy atom. The molecule has 0 amide bonds. The molecule has 0 bridgehead atoms. The monoisotopic (exact) mass is 354 g/mol. The molecule has 2 aromatic rings. The van der Waals surface area contributed by atoms with Crippen molar-refractivity contribution >= 4 is 7.82 Å². The van der Waals surface area contributed by atoms with Gasteiger partial charge in [0.05, 0.1) is 6.10 Å². The molecule has 0 saturated heterocycles. The molecule has 0 aromatic heterocycles. The van der Waals surface area contributed by atoms with Gasteiger partial charge < -0.3 is 19.8 Å². The second kappa shape index (κ2) is 7.68. The van der Waals surface area contributed by atoms with Gasteiger partial charge in [0.2, 0.25) is 0 Å². The van der Waals surface area contributed by atoms with Gasteiger partial charge in [0.1, 0.15) is 17.2 Å². The summed E-state index contributed by atoms with van der Waals surface area (Å²) < 4.78 is 15.5. The van der Waals surface area contributed by atoms with E-state index in [2.05, 4.69) is 4.52 Å². The minimum absolute atomic E-state index is 0.106. The molecule has 1 unspecified atom stereocenters. The maximum atomic E-state index is 11.0. The van der Waals surface area contributed by atoms with Crippen molar-refractivity contribution in [2.45, 2.75) is 25.4 Å². The van der Waals surface area contributed by atoms with Gasteiger partial charge in [-0.15, -0.1) is 0 Å². The molecule has 130 valence electrons. The summed E-state index contributed by atoms with van der Waals surface area (Å²) in [4.78, 5) is 17.8. The van der Waals surface area contributed by atoms with Crippen molar-refractivity contribution in [1.82, 2.24) is 0 Å². The average Bonchev–Trinajstić information content (AvgIpc) is 2.47. The third-order valence-electron chi connectivity index (χ3n) is 3.42. The number of phosphoric ester groups is 1. The molecule has 0 aliphatic carbocycles. The lowest BCUT2D eigenvalue weighted by Crippen LogP contribution is -2.02. The molecule has 0 radical (unpaired) electrons. The molecule has 0 spiro atoms. The van der Waals surface area contributed by atoms with Gasteiger partial charge in [-0.05, 0) is 55.2 Å². The Kier molecular flexibility index (Phi) is 5.85. The summed E-state index contributed by atoms with van der Waals surface area (Å²) in [6.45, 7) is 0. The van der Waals surface area contributed by atoms with Crippen LogP contribution in [-0.4, -0.2) is 25.1 Å². The van der Waals surface area contributed by atoms with Gasteiger partial charge in [-0.2, -0.15) is 0 Å². The van der Waals surface area contributed by atoms with E-state index in [1.54, 1.807) is 18.2 Å². The van der Waals surface area contributed by atoms with E-state index < -0.39 is 13.9 Å². The summed E-state index contributed by atoms with van der Waals surface area (Å²) in [5.74, 6) is -0.153. The quantitative estimate of drug-likeness (QED) is 0.484. The van der Waals surface area contributed by atoms with Crippen molar-refractivity contribution in [3.05, 3.63) is 53.6 Å². The van der Waals surface area contributed by atoms with Crippen molar-refractivity contribution in [3.63, 3.8) is 0 Å². The molecule has 0 saturated carbocycles. The van der Waals surface area contributed by atoms with Gasteiger partial charge in [-0.25, -0.2) is 4.57 Å². The second-order valence-corrected chi connectivity index (χ2v) is 6.55. The van der Waals surface area contributed by atoms with Crippen LogP contribution in [0.25, 0.3) is 0 Å². The molecule has 0 heterocycles. The fraction of sp³-hybridized carbons (Fsp3) is 0.250. The number of benzene rings is 2. The fourth-order valence-corrected chi connectivity index (χ4v) is 2.80. The highest BCUT2D eigenvalue weighted by Gasteiger charge is 2.22. The highest BCUT2D eigenvalue weighted by molar-refractivity contribution is 7.46. The van der Waals surface area contributed by atoms with E-state index in [0.29, 0.717) is 12.8 Å². The van der Waals surface area contributed by atoms with Gasteiger partial charge in [0, 0.05) is 5.56 Å². The van der Waals surface area contributed by atoms with Crippen LogP contribution < -0.4 is 4.52 Å². The SMILES string of the molecule is O=P(O)(O)Oc1ccc(O)cc1C(O)CCCc1cccc(O)c1. The minimum atomic E-state index is -4.77. The molecule has 8 heteroatoms. The van der Waals surface area contributed by atoms with Crippen molar-refractivity contribution in [1.29, 1.82) is 0 Å². The van der Waals surface area contributed by atoms with Crippen LogP contribution in [0.2, 0.25) is 0 Å². The second-order valence-electron chi connectivity index (χ2n) is 5.38. The minimum Gasteiger partial charge on any atom is -0.508 e. The first-order valence-electron chi connectivity index (χ1n) is 7.28. The number of aliphatic hydroxyl groups is 1.